The monoisotopic (exact) mass is 308 g/mol. The van der Waals surface area contributed by atoms with Crippen LogP contribution in [0.5, 0.6) is 0 Å². The van der Waals surface area contributed by atoms with Crippen LogP contribution in [0.3, 0.4) is 0 Å². The molecule has 1 N–H and O–H groups in total. The molecule has 21 heavy (non-hydrogen) atoms. The highest BCUT2D eigenvalue weighted by Crippen LogP contribution is 2.38. The fourth-order valence-electron chi connectivity index (χ4n) is 3.46. The molecule has 2 heterocycles. The summed E-state index contributed by atoms with van der Waals surface area (Å²) in [6, 6.07) is 2.42. The van der Waals surface area contributed by atoms with Crippen molar-refractivity contribution < 1.29 is 0 Å². The van der Waals surface area contributed by atoms with Gasteiger partial charge in [-0.2, -0.15) is 0 Å². The van der Waals surface area contributed by atoms with Gasteiger partial charge in [0.15, 0.2) is 0 Å². The maximum Gasteiger partial charge on any atom is 0.0299 e. The Kier molecular flexibility index (Phi) is 6.27. The van der Waals surface area contributed by atoms with E-state index in [4.69, 9.17) is 0 Å². The Bertz CT molecular complexity index is 424. The van der Waals surface area contributed by atoms with Gasteiger partial charge in [-0.25, -0.2) is 0 Å². The van der Waals surface area contributed by atoms with Crippen LogP contribution < -0.4 is 5.32 Å². The van der Waals surface area contributed by atoms with E-state index in [2.05, 4.69) is 44.0 Å². The van der Waals surface area contributed by atoms with Crippen molar-refractivity contribution >= 4 is 11.3 Å². The Morgan fingerprint density at radius 3 is 2.43 bits per heavy atom. The molecule has 1 aromatic heterocycles. The van der Waals surface area contributed by atoms with E-state index < -0.39 is 0 Å². The highest BCUT2D eigenvalue weighted by molar-refractivity contribution is 7.12. The van der Waals surface area contributed by atoms with Gasteiger partial charge in [0.1, 0.15) is 0 Å². The van der Waals surface area contributed by atoms with Crippen molar-refractivity contribution in [1.29, 1.82) is 0 Å². The molecule has 0 bridgehead atoms. The molecule has 0 aliphatic carbocycles. The molecule has 1 aliphatic rings. The fourth-order valence-corrected chi connectivity index (χ4v) is 4.49. The highest BCUT2D eigenvalue weighted by atomic mass is 32.1. The number of hydrogen-bond donors (Lipinski definition) is 1. The Balaban J connectivity index is 1.90. The Morgan fingerprint density at radius 1 is 1.19 bits per heavy atom. The van der Waals surface area contributed by atoms with E-state index in [1.165, 1.54) is 48.5 Å². The molecule has 1 saturated heterocycles. The van der Waals surface area contributed by atoms with Crippen molar-refractivity contribution in [2.75, 3.05) is 19.6 Å². The lowest BCUT2D eigenvalue weighted by atomic mass is 9.74. The van der Waals surface area contributed by atoms with Crippen LogP contribution in [0.4, 0.5) is 0 Å². The molecule has 0 amide bonds. The van der Waals surface area contributed by atoms with Crippen LogP contribution in [-0.2, 0) is 13.1 Å². The lowest BCUT2D eigenvalue weighted by Gasteiger charge is -2.41. The molecule has 3 heteroatoms. The second-order valence-corrected chi connectivity index (χ2v) is 7.90. The van der Waals surface area contributed by atoms with Crippen molar-refractivity contribution in [3.8, 4) is 0 Å². The van der Waals surface area contributed by atoms with Gasteiger partial charge in [0, 0.05) is 22.8 Å². The summed E-state index contributed by atoms with van der Waals surface area (Å²) in [5, 5.41) is 3.43. The molecule has 0 saturated carbocycles. The number of aryl methyl sites for hydroxylation is 1. The second-order valence-electron chi connectivity index (χ2n) is 6.56. The molecule has 120 valence electrons. The SMILES string of the molecule is CCNCc1cc(CN2CCC(CC)(CC)CC2)c(C)s1. The van der Waals surface area contributed by atoms with E-state index in [1.54, 1.807) is 5.56 Å². The first-order chi connectivity index (χ1) is 10.1. The largest absolute Gasteiger partial charge is 0.312 e. The smallest absolute Gasteiger partial charge is 0.0299 e. The summed E-state index contributed by atoms with van der Waals surface area (Å²) >= 11 is 1.96. The molecule has 1 aromatic rings. The lowest BCUT2D eigenvalue weighted by Crippen LogP contribution is -2.39. The summed E-state index contributed by atoms with van der Waals surface area (Å²) in [5.41, 5.74) is 2.18. The van der Waals surface area contributed by atoms with Crippen LogP contribution in [0.1, 0.15) is 61.8 Å². The molecule has 0 spiro atoms. The standard InChI is InChI=1S/C18H32N2S/c1-5-18(6-2)8-10-20(11-9-18)14-16-12-17(13-19-7-3)21-15(16)4/h12,19H,5-11,13-14H2,1-4H3. The van der Waals surface area contributed by atoms with Gasteiger partial charge in [0.2, 0.25) is 0 Å². The summed E-state index contributed by atoms with van der Waals surface area (Å²) in [6.07, 6.45) is 5.46. The number of likely N-dealkylation sites (tertiary alicyclic amines) is 1. The fraction of sp³-hybridized carbons (Fsp3) is 0.778. The molecule has 0 aromatic carbocycles. The van der Waals surface area contributed by atoms with Crippen molar-refractivity contribution in [2.45, 2.75) is 66.5 Å². The molecule has 2 rings (SSSR count). The van der Waals surface area contributed by atoms with Crippen LogP contribution in [0.15, 0.2) is 6.07 Å². The van der Waals surface area contributed by atoms with Crippen molar-refractivity contribution in [3.63, 3.8) is 0 Å². The molecule has 1 fully saturated rings. The first-order valence-corrected chi connectivity index (χ1v) is 9.45. The van der Waals surface area contributed by atoms with Gasteiger partial charge in [-0.05, 0) is 56.4 Å². The minimum atomic E-state index is 0.635. The molecular formula is C18H32N2S. The van der Waals surface area contributed by atoms with Crippen LogP contribution in [0.2, 0.25) is 0 Å². The summed E-state index contributed by atoms with van der Waals surface area (Å²) in [4.78, 5) is 5.65. The predicted octanol–water partition coefficient (Wildman–Crippen LogP) is 4.57. The van der Waals surface area contributed by atoms with Crippen molar-refractivity contribution in [2.24, 2.45) is 5.41 Å². The maximum atomic E-state index is 3.43. The van der Waals surface area contributed by atoms with Gasteiger partial charge >= 0.3 is 0 Å². The summed E-state index contributed by atoms with van der Waals surface area (Å²) in [6.45, 7) is 15.0. The number of piperidine rings is 1. The number of thiophene rings is 1. The third-order valence-corrected chi connectivity index (χ3v) is 6.52. The molecule has 0 unspecified atom stereocenters. The summed E-state index contributed by atoms with van der Waals surface area (Å²) in [5.74, 6) is 0. The maximum absolute atomic E-state index is 3.43. The van der Waals surface area contributed by atoms with E-state index in [9.17, 15) is 0 Å². The first-order valence-electron chi connectivity index (χ1n) is 8.63. The zero-order valence-electron chi connectivity index (χ0n) is 14.3. The Labute approximate surface area is 134 Å². The van der Waals surface area contributed by atoms with Crippen molar-refractivity contribution in [1.82, 2.24) is 10.2 Å². The van der Waals surface area contributed by atoms with Crippen LogP contribution in [0, 0.1) is 12.3 Å². The van der Waals surface area contributed by atoms with E-state index in [0.717, 1.165) is 19.6 Å². The minimum Gasteiger partial charge on any atom is -0.312 e. The lowest BCUT2D eigenvalue weighted by molar-refractivity contribution is 0.0908. The molecule has 2 nitrogen and oxygen atoms in total. The van der Waals surface area contributed by atoms with Gasteiger partial charge in [-0.1, -0.05) is 33.6 Å². The third kappa shape index (κ3) is 4.30. The molecular weight excluding hydrogens is 276 g/mol. The number of hydrogen-bond acceptors (Lipinski definition) is 3. The van der Waals surface area contributed by atoms with E-state index in [1.807, 2.05) is 11.3 Å². The zero-order chi connectivity index (χ0) is 15.3. The zero-order valence-corrected chi connectivity index (χ0v) is 15.1. The second kappa shape index (κ2) is 7.75. The van der Waals surface area contributed by atoms with Gasteiger partial charge in [-0.3, -0.25) is 4.90 Å². The topological polar surface area (TPSA) is 15.3 Å². The van der Waals surface area contributed by atoms with Crippen molar-refractivity contribution in [3.05, 3.63) is 21.4 Å². The summed E-state index contributed by atoms with van der Waals surface area (Å²) < 4.78 is 0. The average molecular weight is 309 g/mol. The Hall–Kier alpha value is -0.380. The molecule has 1 aliphatic heterocycles. The third-order valence-electron chi connectivity index (χ3n) is 5.43. The Morgan fingerprint density at radius 2 is 1.86 bits per heavy atom. The van der Waals surface area contributed by atoms with Gasteiger partial charge in [0.05, 0.1) is 0 Å². The summed E-state index contributed by atoms with van der Waals surface area (Å²) in [7, 11) is 0. The number of nitrogens with one attached hydrogen (secondary N) is 1. The number of nitrogens with zero attached hydrogens (tertiary/aromatic N) is 1. The molecule has 0 radical (unpaired) electrons. The normalized spacial score (nSPS) is 19.0. The van der Waals surface area contributed by atoms with E-state index in [-0.39, 0.29) is 0 Å². The van der Waals surface area contributed by atoms with Gasteiger partial charge < -0.3 is 5.32 Å². The van der Waals surface area contributed by atoms with E-state index in [0.29, 0.717) is 5.41 Å². The number of rotatable bonds is 7. The van der Waals surface area contributed by atoms with Crippen LogP contribution >= 0.6 is 11.3 Å². The van der Waals surface area contributed by atoms with Crippen LogP contribution in [0.25, 0.3) is 0 Å². The van der Waals surface area contributed by atoms with Gasteiger partial charge in [0.25, 0.3) is 0 Å². The molecule has 0 atom stereocenters. The van der Waals surface area contributed by atoms with Gasteiger partial charge in [-0.15, -0.1) is 11.3 Å². The highest BCUT2D eigenvalue weighted by Gasteiger charge is 2.31. The van der Waals surface area contributed by atoms with Crippen LogP contribution in [-0.4, -0.2) is 24.5 Å². The predicted molar refractivity (Wildman–Crippen MR) is 94.0 cm³/mol. The van der Waals surface area contributed by atoms with E-state index >= 15 is 0 Å². The average Bonchev–Trinajstić information content (AvgIpc) is 2.86. The quantitative estimate of drug-likeness (QED) is 0.794. The minimum absolute atomic E-state index is 0.635. The first kappa shape index (κ1) is 17.0.